The van der Waals surface area contributed by atoms with E-state index in [1.54, 1.807) is 29.2 Å². The standard InChI is InChI=1S/C14H12BrN5O/c1-8-11-6-9(7-17-13(11)20(2)19-8)18-14(21)10-4-3-5-16-12(10)15/h3-7H,1-2H3,(H,18,21). The Labute approximate surface area is 129 Å². The average Bonchev–Trinajstić information content (AvgIpc) is 2.74. The Kier molecular flexibility index (Phi) is 3.42. The summed E-state index contributed by atoms with van der Waals surface area (Å²) in [4.78, 5) is 20.6. The van der Waals surface area contributed by atoms with E-state index in [1.165, 1.54) is 0 Å². The molecule has 21 heavy (non-hydrogen) atoms. The van der Waals surface area contributed by atoms with Crippen LogP contribution in [0.4, 0.5) is 5.69 Å². The number of hydrogen-bond donors (Lipinski definition) is 1. The molecule has 3 rings (SSSR count). The van der Waals surface area contributed by atoms with Crippen LogP contribution >= 0.6 is 15.9 Å². The number of pyridine rings is 2. The summed E-state index contributed by atoms with van der Waals surface area (Å²) in [5.41, 5.74) is 2.76. The lowest BCUT2D eigenvalue weighted by Crippen LogP contribution is -2.13. The topological polar surface area (TPSA) is 72.7 Å². The zero-order chi connectivity index (χ0) is 15.0. The van der Waals surface area contributed by atoms with E-state index < -0.39 is 0 Å². The summed E-state index contributed by atoms with van der Waals surface area (Å²) in [7, 11) is 1.84. The van der Waals surface area contributed by atoms with Crippen molar-refractivity contribution in [1.29, 1.82) is 0 Å². The van der Waals surface area contributed by atoms with Gasteiger partial charge < -0.3 is 5.32 Å². The van der Waals surface area contributed by atoms with Crippen LogP contribution < -0.4 is 5.32 Å². The largest absolute Gasteiger partial charge is 0.320 e. The summed E-state index contributed by atoms with van der Waals surface area (Å²) in [6, 6.07) is 5.28. The molecule has 3 heterocycles. The lowest BCUT2D eigenvalue weighted by Gasteiger charge is -2.06. The minimum Gasteiger partial charge on any atom is -0.320 e. The van der Waals surface area contributed by atoms with Gasteiger partial charge in [0.2, 0.25) is 0 Å². The van der Waals surface area contributed by atoms with Crippen molar-refractivity contribution < 1.29 is 4.79 Å². The van der Waals surface area contributed by atoms with Crippen molar-refractivity contribution in [3.8, 4) is 0 Å². The number of fused-ring (bicyclic) bond motifs is 1. The van der Waals surface area contributed by atoms with E-state index in [0.717, 1.165) is 16.7 Å². The molecule has 0 aromatic carbocycles. The van der Waals surface area contributed by atoms with Gasteiger partial charge in [0, 0.05) is 18.6 Å². The van der Waals surface area contributed by atoms with Crippen LogP contribution in [0.25, 0.3) is 11.0 Å². The number of nitrogens with one attached hydrogen (secondary N) is 1. The Morgan fingerprint density at radius 1 is 1.38 bits per heavy atom. The second kappa shape index (κ2) is 5.25. The number of carbonyl (C=O) groups excluding carboxylic acids is 1. The minimum atomic E-state index is -0.238. The van der Waals surface area contributed by atoms with Crippen LogP contribution in [-0.2, 0) is 7.05 Å². The fourth-order valence-corrected chi connectivity index (χ4v) is 2.56. The molecule has 6 nitrogen and oxygen atoms in total. The molecule has 0 aliphatic heterocycles. The summed E-state index contributed by atoms with van der Waals surface area (Å²) < 4.78 is 2.22. The van der Waals surface area contributed by atoms with Crippen molar-refractivity contribution >= 4 is 38.6 Å². The molecule has 0 bridgehead atoms. The second-order valence-corrected chi connectivity index (χ2v) is 5.35. The van der Waals surface area contributed by atoms with E-state index in [1.807, 2.05) is 20.0 Å². The van der Waals surface area contributed by atoms with Crippen molar-refractivity contribution in [2.24, 2.45) is 7.05 Å². The zero-order valence-corrected chi connectivity index (χ0v) is 13.0. The van der Waals surface area contributed by atoms with Crippen LogP contribution in [0.5, 0.6) is 0 Å². The summed E-state index contributed by atoms with van der Waals surface area (Å²) in [5, 5.41) is 8.04. The van der Waals surface area contributed by atoms with Crippen LogP contribution in [0.1, 0.15) is 16.1 Å². The second-order valence-electron chi connectivity index (χ2n) is 4.60. The number of halogens is 1. The maximum Gasteiger partial charge on any atom is 0.258 e. The maximum atomic E-state index is 12.2. The number of aromatic nitrogens is 4. The molecule has 0 aliphatic carbocycles. The minimum absolute atomic E-state index is 0.238. The molecule has 1 N–H and O–H groups in total. The number of hydrogen-bond acceptors (Lipinski definition) is 4. The Balaban J connectivity index is 1.93. The van der Waals surface area contributed by atoms with Gasteiger partial charge in [0.15, 0.2) is 5.65 Å². The fraction of sp³-hybridized carbons (Fsp3) is 0.143. The first-order chi connectivity index (χ1) is 10.1. The molecule has 0 unspecified atom stereocenters. The van der Waals surface area contributed by atoms with Gasteiger partial charge in [-0.2, -0.15) is 5.10 Å². The van der Waals surface area contributed by atoms with E-state index in [-0.39, 0.29) is 5.91 Å². The van der Waals surface area contributed by atoms with Gasteiger partial charge in [-0.3, -0.25) is 9.48 Å². The van der Waals surface area contributed by atoms with E-state index in [2.05, 4.69) is 36.3 Å². The first kappa shape index (κ1) is 13.7. The number of rotatable bonds is 2. The normalized spacial score (nSPS) is 10.8. The predicted molar refractivity (Wildman–Crippen MR) is 83.1 cm³/mol. The van der Waals surface area contributed by atoms with E-state index in [9.17, 15) is 4.79 Å². The van der Waals surface area contributed by atoms with Crippen LogP contribution in [-0.4, -0.2) is 25.7 Å². The zero-order valence-electron chi connectivity index (χ0n) is 11.5. The Bertz CT molecular complexity index is 842. The van der Waals surface area contributed by atoms with Crippen LogP contribution in [0, 0.1) is 6.92 Å². The molecule has 0 radical (unpaired) electrons. The van der Waals surface area contributed by atoms with Crippen LogP contribution in [0.2, 0.25) is 0 Å². The number of amides is 1. The van der Waals surface area contributed by atoms with E-state index in [4.69, 9.17) is 0 Å². The molecule has 0 saturated heterocycles. The molecule has 0 fully saturated rings. The van der Waals surface area contributed by atoms with Crippen LogP contribution in [0.3, 0.4) is 0 Å². The highest BCUT2D eigenvalue weighted by atomic mass is 79.9. The highest BCUT2D eigenvalue weighted by Crippen LogP contribution is 2.20. The summed E-state index contributed by atoms with van der Waals surface area (Å²) in [6.45, 7) is 1.91. The van der Waals surface area contributed by atoms with Gasteiger partial charge in [0.05, 0.1) is 23.1 Å². The van der Waals surface area contributed by atoms with Gasteiger partial charge in [-0.05, 0) is 41.1 Å². The maximum absolute atomic E-state index is 12.2. The van der Waals surface area contributed by atoms with Gasteiger partial charge in [-0.25, -0.2) is 9.97 Å². The first-order valence-corrected chi connectivity index (χ1v) is 7.07. The number of carbonyl (C=O) groups is 1. The third-order valence-electron chi connectivity index (χ3n) is 3.12. The SMILES string of the molecule is Cc1nn(C)c2ncc(NC(=O)c3cccnc3Br)cc12. The number of nitrogens with zero attached hydrogens (tertiary/aromatic N) is 4. The van der Waals surface area contributed by atoms with Crippen LogP contribution in [0.15, 0.2) is 35.2 Å². The van der Waals surface area contributed by atoms with Gasteiger partial charge >= 0.3 is 0 Å². The number of anilines is 1. The molecule has 1 amide bonds. The average molecular weight is 346 g/mol. The fourth-order valence-electron chi connectivity index (χ4n) is 2.13. The molecule has 3 aromatic rings. The summed E-state index contributed by atoms with van der Waals surface area (Å²) in [5.74, 6) is -0.238. The molecule has 0 aliphatic rings. The molecular weight excluding hydrogens is 334 g/mol. The molecule has 0 atom stereocenters. The van der Waals surface area contributed by atoms with E-state index >= 15 is 0 Å². The Morgan fingerprint density at radius 3 is 2.95 bits per heavy atom. The van der Waals surface area contributed by atoms with Crippen molar-refractivity contribution in [3.05, 3.63) is 46.5 Å². The van der Waals surface area contributed by atoms with Crippen molar-refractivity contribution in [1.82, 2.24) is 19.7 Å². The quantitative estimate of drug-likeness (QED) is 0.724. The van der Waals surface area contributed by atoms with Gasteiger partial charge in [0.25, 0.3) is 5.91 Å². The molecule has 3 aromatic heterocycles. The highest BCUT2D eigenvalue weighted by Gasteiger charge is 2.12. The summed E-state index contributed by atoms with van der Waals surface area (Å²) in [6.07, 6.45) is 3.24. The van der Waals surface area contributed by atoms with Gasteiger partial charge in [0.1, 0.15) is 4.60 Å². The smallest absolute Gasteiger partial charge is 0.258 e. The molecule has 0 spiro atoms. The van der Waals surface area contributed by atoms with Gasteiger partial charge in [-0.15, -0.1) is 0 Å². The lowest BCUT2D eigenvalue weighted by atomic mass is 10.2. The van der Waals surface area contributed by atoms with Crippen molar-refractivity contribution in [2.45, 2.75) is 6.92 Å². The third kappa shape index (κ3) is 2.52. The third-order valence-corrected chi connectivity index (χ3v) is 3.76. The molecule has 7 heteroatoms. The Hall–Kier alpha value is -2.28. The first-order valence-electron chi connectivity index (χ1n) is 6.27. The molecular formula is C14H12BrN5O. The molecule has 0 saturated carbocycles. The Morgan fingerprint density at radius 2 is 2.19 bits per heavy atom. The lowest BCUT2D eigenvalue weighted by molar-refractivity contribution is 0.102. The van der Waals surface area contributed by atoms with Crippen molar-refractivity contribution in [2.75, 3.05) is 5.32 Å². The predicted octanol–water partition coefficient (Wildman–Crippen LogP) is 2.69. The van der Waals surface area contributed by atoms with Crippen molar-refractivity contribution in [3.63, 3.8) is 0 Å². The highest BCUT2D eigenvalue weighted by molar-refractivity contribution is 9.10. The number of aryl methyl sites for hydroxylation is 2. The van der Waals surface area contributed by atoms with E-state index in [0.29, 0.717) is 15.9 Å². The molecule has 106 valence electrons. The van der Waals surface area contributed by atoms with Gasteiger partial charge in [-0.1, -0.05) is 0 Å². The monoisotopic (exact) mass is 345 g/mol. The summed E-state index contributed by atoms with van der Waals surface area (Å²) >= 11 is 3.26.